The number of carboxylic acids is 1. The summed E-state index contributed by atoms with van der Waals surface area (Å²) < 4.78 is 0. The molecule has 2 aromatic heterocycles. The first-order chi connectivity index (χ1) is 12.7. The number of carbonyl (C=O) groups is 1. The topological polar surface area (TPSA) is 82.1 Å². The predicted octanol–water partition coefficient (Wildman–Crippen LogP) is 3.55. The maximum Gasteiger partial charge on any atom is 0.337 e. The number of anilines is 1. The summed E-state index contributed by atoms with van der Waals surface area (Å²) in [6, 6.07) is 13.7. The van der Waals surface area contributed by atoms with Crippen molar-refractivity contribution >= 4 is 11.8 Å². The average Bonchev–Trinajstić information content (AvgIpc) is 3.19. The summed E-state index contributed by atoms with van der Waals surface area (Å²) in [6.45, 7) is 1.76. The molecule has 1 saturated heterocycles. The van der Waals surface area contributed by atoms with Gasteiger partial charge in [0, 0.05) is 36.5 Å². The van der Waals surface area contributed by atoms with E-state index in [0.29, 0.717) is 5.92 Å². The fourth-order valence-corrected chi connectivity index (χ4v) is 3.58. The molecule has 0 bridgehead atoms. The molecule has 2 N–H and O–H groups in total. The second-order valence-electron chi connectivity index (χ2n) is 6.56. The lowest BCUT2D eigenvalue weighted by atomic mass is 9.90. The van der Waals surface area contributed by atoms with E-state index in [-0.39, 0.29) is 5.56 Å². The van der Waals surface area contributed by atoms with Crippen LogP contribution in [0.4, 0.5) is 5.82 Å². The van der Waals surface area contributed by atoms with Gasteiger partial charge in [-0.05, 0) is 30.5 Å². The van der Waals surface area contributed by atoms with E-state index in [2.05, 4.69) is 32.2 Å². The van der Waals surface area contributed by atoms with E-state index in [4.69, 9.17) is 5.11 Å². The zero-order chi connectivity index (χ0) is 17.9. The van der Waals surface area contributed by atoms with Gasteiger partial charge in [0.05, 0.1) is 11.8 Å². The van der Waals surface area contributed by atoms with Gasteiger partial charge < -0.3 is 10.0 Å². The normalized spacial score (nSPS) is 17.2. The molecule has 0 spiro atoms. The van der Waals surface area contributed by atoms with Crippen molar-refractivity contribution in [3.63, 3.8) is 0 Å². The van der Waals surface area contributed by atoms with Crippen molar-refractivity contribution in [2.75, 3.05) is 18.0 Å². The fourth-order valence-electron chi connectivity index (χ4n) is 3.58. The zero-order valence-electron chi connectivity index (χ0n) is 14.3. The Morgan fingerprint density at radius 3 is 2.73 bits per heavy atom. The first-order valence-corrected chi connectivity index (χ1v) is 8.75. The predicted molar refractivity (Wildman–Crippen MR) is 99.4 cm³/mol. The van der Waals surface area contributed by atoms with Gasteiger partial charge in [0.2, 0.25) is 0 Å². The van der Waals surface area contributed by atoms with E-state index in [0.717, 1.165) is 48.6 Å². The second-order valence-corrected chi connectivity index (χ2v) is 6.56. The number of aromatic nitrogens is 3. The third-order valence-electron chi connectivity index (χ3n) is 4.90. The van der Waals surface area contributed by atoms with Gasteiger partial charge in [-0.1, -0.05) is 30.3 Å². The molecular weight excluding hydrogens is 328 g/mol. The van der Waals surface area contributed by atoms with Crippen LogP contribution in [0.2, 0.25) is 0 Å². The number of piperidine rings is 1. The molecule has 1 fully saturated rings. The number of hydrogen-bond acceptors (Lipinski definition) is 4. The molecule has 4 rings (SSSR count). The van der Waals surface area contributed by atoms with Crippen molar-refractivity contribution in [3.8, 4) is 11.1 Å². The van der Waals surface area contributed by atoms with Gasteiger partial charge in [-0.3, -0.25) is 5.10 Å². The molecule has 1 atom stereocenters. The van der Waals surface area contributed by atoms with Crippen molar-refractivity contribution in [1.82, 2.24) is 15.2 Å². The molecule has 0 unspecified atom stereocenters. The maximum atomic E-state index is 11.0. The molecule has 6 heteroatoms. The highest BCUT2D eigenvalue weighted by Crippen LogP contribution is 2.34. The maximum absolute atomic E-state index is 11.0. The highest BCUT2D eigenvalue weighted by Gasteiger charge is 2.26. The number of nitrogens with one attached hydrogen (secondary N) is 1. The number of rotatable bonds is 4. The average molecular weight is 348 g/mol. The number of aromatic amines is 1. The Labute approximate surface area is 151 Å². The Bertz CT molecular complexity index is 890. The quantitative estimate of drug-likeness (QED) is 0.753. The molecule has 3 heterocycles. The van der Waals surface area contributed by atoms with Gasteiger partial charge in [0.25, 0.3) is 0 Å². The summed E-state index contributed by atoms with van der Waals surface area (Å²) in [6.07, 6.45) is 5.46. The van der Waals surface area contributed by atoms with E-state index < -0.39 is 5.97 Å². The number of nitrogens with zero attached hydrogens (tertiary/aromatic N) is 3. The molecule has 1 aliphatic rings. The standard InChI is InChI=1S/C20H20N4O2/c25-20(26)15-8-9-18(21-11-15)24-10-4-7-16(13-24)19-17(12-22-23-19)14-5-2-1-3-6-14/h1-3,5-6,8-9,11-12,16H,4,7,10,13H2,(H,22,23)(H,25,26)/t16-/m0/s1. The summed E-state index contributed by atoms with van der Waals surface area (Å²) in [7, 11) is 0. The van der Waals surface area contributed by atoms with Crippen molar-refractivity contribution in [2.24, 2.45) is 0 Å². The van der Waals surface area contributed by atoms with Gasteiger partial charge in [-0.2, -0.15) is 5.10 Å². The SMILES string of the molecule is O=C(O)c1ccc(N2CCC[C@H](c3[nH]ncc3-c3ccccc3)C2)nc1. The molecule has 132 valence electrons. The van der Waals surface area contributed by atoms with Crippen LogP contribution in [0.1, 0.15) is 34.8 Å². The first-order valence-electron chi connectivity index (χ1n) is 8.75. The fraction of sp³-hybridized carbons (Fsp3) is 0.250. The molecule has 0 saturated carbocycles. The minimum atomic E-state index is -0.953. The Balaban J connectivity index is 1.56. The van der Waals surface area contributed by atoms with Crippen LogP contribution in [0.5, 0.6) is 0 Å². The third kappa shape index (κ3) is 3.18. The van der Waals surface area contributed by atoms with Crippen LogP contribution in [0, 0.1) is 0 Å². The highest BCUT2D eigenvalue weighted by atomic mass is 16.4. The van der Waals surface area contributed by atoms with E-state index in [1.807, 2.05) is 24.4 Å². The Hall–Kier alpha value is -3.15. The molecule has 0 radical (unpaired) electrons. The highest BCUT2D eigenvalue weighted by molar-refractivity contribution is 5.87. The molecular formula is C20H20N4O2. The van der Waals surface area contributed by atoms with Crippen LogP contribution in [-0.2, 0) is 0 Å². The molecule has 26 heavy (non-hydrogen) atoms. The van der Waals surface area contributed by atoms with Crippen LogP contribution >= 0.6 is 0 Å². The zero-order valence-corrected chi connectivity index (χ0v) is 14.3. The Kier molecular flexibility index (Phi) is 4.39. The van der Waals surface area contributed by atoms with Crippen LogP contribution in [0.15, 0.2) is 54.9 Å². The van der Waals surface area contributed by atoms with E-state index in [1.54, 1.807) is 12.1 Å². The van der Waals surface area contributed by atoms with Crippen LogP contribution < -0.4 is 4.90 Å². The van der Waals surface area contributed by atoms with Crippen molar-refractivity contribution in [1.29, 1.82) is 0 Å². The van der Waals surface area contributed by atoms with E-state index in [9.17, 15) is 4.79 Å². The molecule has 0 aliphatic carbocycles. The van der Waals surface area contributed by atoms with Gasteiger partial charge in [-0.25, -0.2) is 9.78 Å². The van der Waals surface area contributed by atoms with Crippen molar-refractivity contribution in [2.45, 2.75) is 18.8 Å². The number of hydrogen-bond donors (Lipinski definition) is 2. The Morgan fingerprint density at radius 1 is 1.15 bits per heavy atom. The minimum absolute atomic E-state index is 0.210. The van der Waals surface area contributed by atoms with Gasteiger partial charge in [0.15, 0.2) is 0 Å². The summed E-state index contributed by atoms with van der Waals surface area (Å²) in [4.78, 5) is 17.6. The van der Waals surface area contributed by atoms with Gasteiger partial charge in [-0.15, -0.1) is 0 Å². The number of H-pyrrole nitrogens is 1. The van der Waals surface area contributed by atoms with Crippen molar-refractivity contribution < 1.29 is 9.90 Å². The molecule has 3 aromatic rings. The summed E-state index contributed by atoms with van der Waals surface area (Å²) in [5, 5.41) is 16.5. The van der Waals surface area contributed by atoms with Gasteiger partial charge >= 0.3 is 5.97 Å². The largest absolute Gasteiger partial charge is 0.478 e. The first kappa shape index (κ1) is 16.3. The van der Waals surface area contributed by atoms with Gasteiger partial charge in [0.1, 0.15) is 5.82 Å². The number of carboxylic acid groups (broad SMARTS) is 1. The number of aromatic carboxylic acids is 1. The Morgan fingerprint density at radius 2 is 2.00 bits per heavy atom. The monoisotopic (exact) mass is 348 g/mol. The minimum Gasteiger partial charge on any atom is -0.478 e. The molecule has 1 aliphatic heterocycles. The van der Waals surface area contributed by atoms with E-state index >= 15 is 0 Å². The molecule has 0 amide bonds. The lowest BCUT2D eigenvalue weighted by Crippen LogP contribution is -2.35. The van der Waals surface area contributed by atoms with Crippen molar-refractivity contribution in [3.05, 3.63) is 66.1 Å². The molecule has 6 nitrogen and oxygen atoms in total. The third-order valence-corrected chi connectivity index (χ3v) is 4.90. The second kappa shape index (κ2) is 7.00. The lowest BCUT2D eigenvalue weighted by molar-refractivity contribution is 0.0696. The van der Waals surface area contributed by atoms with Crippen LogP contribution in [0.3, 0.4) is 0 Å². The summed E-state index contributed by atoms with van der Waals surface area (Å²) in [5.74, 6) is 0.202. The number of benzene rings is 1. The van der Waals surface area contributed by atoms with Crippen LogP contribution in [-0.4, -0.2) is 39.3 Å². The summed E-state index contributed by atoms with van der Waals surface area (Å²) in [5.41, 5.74) is 3.68. The van der Waals surface area contributed by atoms with E-state index in [1.165, 1.54) is 6.20 Å². The summed E-state index contributed by atoms with van der Waals surface area (Å²) >= 11 is 0. The smallest absolute Gasteiger partial charge is 0.337 e. The lowest BCUT2D eigenvalue weighted by Gasteiger charge is -2.33. The molecule has 1 aromatic carbocycles. The van der Waals surface area contributed by atoms with Crippen LogP contribution in [0.25, 0.3) is 11.1 Å². The number of pyridine rings is 1.